The molecule has 20 heavy (non-hydrogen) atoms. The summed E-state index contributed by atoms with van der Waals surface area (Å²) >= 11 is 0. The molecule has 0 spiro atoms. The summed E-state index contributed by atoms with van der Waals surface area (Å²) in [5.41, 5.74) is 1.93. The molecule has 1 aromatic carbocycles. The minimum absolute atomic E-state index is 0.0340. The zero-order valence-corrected chi connectivity index (χ0v) is 11.8. The number of carbonyl (C=O) groups excluding carboxylic acids is 1. The number of rotatable bonds is 2. The lowest BCUT2D eigenvalue weighted by molar-refractivity contribution is 0.0765. The number of aliphatic hydroxyl groups excluding tert-OH is 1. The Balaban J connectivity index is 1.67. The van der Waals surface area contributed by atoms with E-state index in [4.69, 9.17) is 0 Å². The number of hydrogen-bond acceptors (Lipinski definition) is 3. The molecule has 0 unspecified atom stereocenters. The average molecular weight is 274 g/mol. The predicted octanol–water partition coefficient (Wildman–Crippen LogP) is 1.88. The van der Waals surface area contributed by atoms with Crippen LogP contribution in [-0.4, -0.2) is 48.2 Å². The first-order valence-electron chi connectivity index (χ1n) is 7.56. The summed E-state index contributed by atoms with van der Waals surface area (Å²) in [4.78, 5) is 16.4. The minimum Gasteiger partial charge on any atom is -0.391 e. The van der Waals surface area contributed by atoms with Crippen molar-refractivity contribution in [3.8, 4) is 0 Å². The number of β-amino-alcohol motifs (C(OH)–C–C–N with tert-alkyl or cyclic N) is 1. The van der Waals surface area contributed by atoms with E-state index in [2.05, 4.69) is 4.90 Å². The number of likely N-dealkylation sites (tertiary alicyclic amines) is 1. The molecule has 0 radical (unpaired) electrons. The van der Waals surface area contributed by atoms with Gasteiger partial charge in [-0.2, -0.15) is 0 Å². The molecule has 1 aromatic rings. The molecule has 108 valence electrons. The van der Waals surface area contributed by atoms with E-state index < -0.39 is 0 Å². The fourth-order valence-electron chi connectivity index (χ4n) is 3.08. The maximum Gasteiger partial charge on any atom is 0.253 e. The van der Waals surface area contributed by atoms with Gasteiger partial charge in [-0.3, -0.25) is 4.79 Å². The first-order valence-corrected chi connectivity index (χ1v) is 7.56. The highest BCUT2D eigenvalue weighted by Gasteiger charge is 2.25. The molecule has 1 amide bonds. The zero-order chi connectivity index (χ0) is 13.9. The first-order chi connectivity index (χ1) is 9.74. The van der Waals surface area contributed by atoms with E-state index in [0.717, 1.165) is 18.7 Å². The third kappa shape index (κ3) is 2.80. The molecule has 0 bridgehead atoms. The maximum absolute atomic E-state index is 12.3. The van der Waals surface area contributed by atoms with Crippen LogP contribution in [0.15, 0.2) is 24.3 Å². The van der Waals surface area contributed by atoms with Gasteiger partial charge in [-0.15, -0.1) is 0 Å². The van der Waals surface area contributed by atoms with E-state index >= 15 is 0 Å². The summed E-state index contributed by atoms with van der Waals surface area (Å²) in [5, 5.41) is 9.51. The van der Waals surface area contributed by atoms with Gasteiger partial charge >= 0.3 is 0 Å². The molecule has 0 saturated carbocycles. The van der Waals surface area contributed by atoms with E-state index in [1.165, 1.54) is 24.9 Å². The van der Waals surface area contributed by atoms with Gasteiger partial charge in [-0.1, -0.05) is 0 Å². The van der Waals surface area contributed by atoms with Crippen LogP contribution in [0.2, 0.25) is 0 Å². The lowest BCUT2D eigenvalue weighted by atomic mass is 10.1. The number of benzene rings is 1. The first kappa shape index (κ1) is 13.4. The highest BCUT2D eigenvalue weighted by molar-refractivity contribution is 5.94. The molecule has 2 aliphatic heterocycles. The van der Waals surface area contributed by atoms with Gasteiger partial charge in [-0.25, -0.2) is 0 Å². The second-order valence-corrected chi connectivity index (χ2v) is 5.79. The second-order valence-electron chi connectivity index (χ2n) is 5.79. The highest BCUT2D eigenvalue weighted by Crippen LogP contribution is 2.21. The summed E-state index contributed by atoms with van der Waals surface area (Å²) in [6.07, 6.45) is 4.17. The molecule has 0 aliphatic carbocycles. The minimum atomic E-state index is -0.355. The van der Waals surface area contributed by atoms with Crippen LogP contribution in [0.4, 0.5) is 5.69 Å². The van der Waals surface area contributed by atoms with Gasteiger partial charge in [0.1, 0.15) is 0 Å². The smallest absolute Gasteiger partial charge is 0.253 e. The van der Waals surface area contributed by atoms with Crippen molar-refractivity contribution in [2.45, 2.75) is 31.8 Å². The fourth-order valence-corrected chi connectivity index (χ4v) is 3.08. The van der Waals surface area contributed by atoms with Gasteiger partial charge in [0.25, 0.3) is 5.91 Å². The number of carbonyl (C=O) groups is 1. The van der Waals surface area contributed by atoms with Gasteiger partial charge in [0.2, 0.25) is 0 Å². The van der Waals surface area contributed by atoms with E-state index in [0.29, 0.717) is 19.5 Å². The van der Waals surface area contributed by atoms with Crippen molar-refractivity contribution in [1.82, 2.24) is 4.90 Å². The van der Waals surface area contributed by atoms with Crippen molar-refractivity contribution in [2.24, 2.45) is 0 Å². The largest absolute Gasteiger partial charge is 0.391 e. The molecule has 2 heterocycles. The fraction of sp³-hybridized carbons (Fsp3) is 0.562. The van der Waals surface area contributed by atoms with Gasteiger partial charge in [-0.05, 0) is 49.9 Å². The quantitative estimate of drug-likeness (QED) is 0.895. The monoisotopic (exact) mass is 274 g/mol. The average Bonchev–Trinajstić information content (AvgIpc) is 2.94. The van der Waals surface area contributed by atoms with Crippen molar-refractivity contribution in [1.29, 1.82) is 0 Å². The van der Waals surface area contributed by atoms with Crippen LogP contribution in [-0.2, 0) is 0 Å². The molecule has 3 rings (SSSR count). The van der Waals surface area contributed by atoms with E-state index in [1.54, 1.807) is 4.90 Å². The van der Waals surface area contributed by atoms with Gasteiger partial charge in [0.15, 0.2) is 0 Å². The van der Waals surface area contributed by atoms with Crippen LogP contribution in [0.1, 0.15) is 36.0 Å². The molecular weight excluding hydrogens is 252 g/mol. The summed E-state index contributed by atoms with van der Waals surface area (Å²) in [6, 6.07) is 7.92. The molecule has 1 N–H and O–H groups in total. The van der Waals surface area contributed by atoms with E-state index in [-0.39, 0.29) is 12.0 Å². The Hall–Kier alpha value is -1.55. The summed E-state index contributed by atoms with van der Waals surface area (Å²) in [6.45, 7) is 3.36. The second kappa shape index (κ2) is 5.83. The third-order valence-electron chi connectivity index (χ3n) is 4.29. The molecule has 2 fully saturated rings. The Morgan fingerprint density at radius 2 is 1.75 bits per heavy atom. The summed E-state index contributed by atoms with van der Waals surface area (Å²) in [7, 11) is 0. The van der Waals surface area contributed by atoms with Crippen LogP contribution in [0.5, 0.6) is 0 Å². The van der Waals surface area contributed by atoms with E-state index in [9.17, 15) is 9.90 Å². The zero-order valence-electron chi connectivity index (χ0n) is 11.8. The van der Waals surface area contributed by atoms with Gasteiger partial charge in [0, 0.05) is 37.4 Å². The summed E-state index contributed by atoms with van der Waals surface area (Å²) in [5.74, 6) is 0.0340. The molecule has 4 heteroatoms. The number of hydrogen-bond donors (Lipinski definition) is 1. The van der Waals surface area contributed by atoms with Crippen LogP contribution in [0.3, 0.4) is 0 Å². The number of nitrogens with zero attached hydrogens (tertiary/aromatic N) is 2. The Morgan fingerprint density at radius 3 is 2.35 bits per heavy atom. The topological polar surface area (TPSA) is 43.8 Å². The normalized spacial score (nSPS) is 23.1. The van der Waals surface area contributed by atoms with Crippen molar-refractivity contribution in [3.05, 3.63) is 29.8 Å². The van der Waals surface area contributed by atoms with Gasteiger partial charge < -0.3 is 14.9 Å². The molecule has 2 aliphatic rings. The SMILES string of the molecule is O=C(c1ccc(N2CCCCC2)cc1)N1CC[C@@H](O)C1. The Morgan fingerprint density at radius 1 is 1.05 bits per heavy atom. The number of anilines is 1. The highest BCUT2D eigenvalue weighted by atomic mass is 16.3. The van der Waals surface area contributed by atoms with Crippen molar-refractivity contribution in [2.75, 3.05) is 31.1 Å². The predicted molar refractivity (Wildman–Crippen MR) is 79.0 cm³/mol. The third-order valence-corrected chi connectivity index (χ3v) is 4.29. The maximum atomic E-state index is 12.3. The van der Waals surface area contributed by atoms with Crippen LogP contribution >= 0.6 is 0 Å². The lowest BCUT2D eigenvalue weighted by Crippen LogP contribution is -2.30. The van der Waals surface area contributed by atoms with Crippen LogP contribution in [0, 0.1) is 0 Å². The van der Waals surface area contributed by atoms with Crippen molar-refractivity contribution in [3.63, 3.8) is 0 Å². The Labute approximate surface area is 120 Å². The molecule has 0 aromatic heterocycles. The standard InChI is InChI=1S/C16H22N2O2/c19-15-8-11-18(12-15)16(20)13-4-6-14(7-5-13)17-9-2-1-3-10-17/h4-7,15,19H,1-3,8-12H2/t15-/m1/s1. The lowest BCUT2D eigenvalue weighted by Gasteiger charge is -2.29. The van der Waals surface area contributed by atoms with Crippen molar-refractivity contribution < 1.29 is 9.90 Å². The Bertz CT molecular complexity index is 466. The van der Waals surface area contributed by atoms with Crippen molar-refractivity contribution >= 4 is 11.6 Å². The van der Waals surface area contributed by atoms with Crippen LogP contribution in [0.25, 0.3) is 0 Å². The van der Waals surface area contributed by atoms with Crippen LogP contribution < -0.4 is 4.90 Å². The summed E-state index contributed by atoms with van der Waals surface area (Å²) < 4.78 is 0. The number of aliphatic hydroxyl groups is 1. The molecule has 1 atom stereocenters. The number of amides is 1. The molecule has 2 saturated heterocycles. The number of piperidine rings is 1. The van der Waals surface area contributed by atoms with Gasteiger partial charge in [0.05, 0.1) is 6.10 Å². The van der Waals surface area contributed by atoms with E-state index in [1.807, 2.05) is 24.3 Å². The molecule has 4 nitrogen and oxygen atoms in total. The Kier molecular flexibility index (Phi) is 3.92. The molecular formula is C16H22N2O2.